The molecule has 1 aliphatic heterocycles. The maximum atomic E-state index is 12.8. The number of halogens is 1. The number of nitrogens with one attached hydrogen (secondary N) is 1. The second kappa shape index (κ2) is 7.04. The van der Waals surface area contributed by atoms with Gasteiger partial charge in [-0.25, -0.2) is 4.79 Å². The molecule has 21 heavy (non-hydrogen) atoms. The molecule has 114 valence electrons. The highest BCUT2D eigenvalue weighted by molar-refractivity contribution is 9.10. The maximum Gasteiger partial charge on any atom is 0.330 e. The SMILES string of the molecule is CCOC(=O)C1CNCCN1C(=O)c1cc(C)ccc1Br. The molecule has 2 rings (SSSR count). The molecule has 0 bridgehead atoms. The van der Waals surface area contributed by atoms with Crippen LogP contribution in [0.1, 0.15) is 22.8 Å². The van der Waals surface area contributed by atoms with Crippen LogP contribution >= 0.6 is 15.9 Å². The van der Waals surface area contributed by atoms with Gasteiger partial charge in [0, 0.05) is 24.1 Å². The zero-order chi connectivity index (χ0) is 15.4. The Morgan fingerprint density at radius 2 is 2.24 bits per heavy atom. The van der Waals surface area contributed by atoms with Crippen molar-refractivity contribution in [2.45, 2.75) is 19.9 Å². The minimum absolute atomic E-state index is 0.148. The molecule has 1 N–H and O–H groups in total. The molecule has 1 heterocycles. The summed E-state index contributed by atoms with van der Waals surface area (Å²) >= 11 is 3.41. The van der Waals surface area contributed by atoms with Crippen LogP contribution in [0.25, 0.3) is 0 Å². The Bertz CT molecular complexity index is 548. The number of piperazine rings is 1. The van der Waals surface area contributed by atoms with Gasteiger partial charge >= 0.3 is 5.97 Å². The molecule has 0 radical (unpaired) electrons. The fourth-order valence-electron chi connectivity index (χ4n) is 2.35. The van der Waals surface area contributed by atoms with E-state index < -0.39 is 6.04 Å². The van der Waals surface area contributed by atoms with Gasteiger partial charge in [-0.2, -0.15) is 0 Å². The molecule has 0 saturated carbocycles. The number of hydrogen-bond acceptors (Lipinski definition) is 4. The lowest BCUT2D eigenvalue weighted by Crippen LogP contribution is -2.57. The molecule has 5 nitrogen and oxygen atoms in total. The van der Waals surface area contributed by atoms with Gasteiger partial charge in [0.1, 0.15) is 6.04 Å². The number of ether oxygens (including phenoxy) is 1. The maximum absolute atomic E-state index is 12.8. The van der Waals surface area contributed by atoms with E-state index in [2.05, 4.69) is 21.2 Å². The Labute approximate surface area is 132 Å². The fraction of sp³-hybridized carbons (Fsp3) is 0.467. The van der Waals surface area contributed by atoms with Crippen LogP contribution in [0.3, 0.4) is 0 Å². The van der Waals surface area contributed by atoms with Gasteiger partial charge in [0.2, 0.25) is 0 Å². The molecule has 1 fully saturated rings. The van der Waals surface area contributed by atoms with Crippen molar-refractivity contribution in [3.05, 3.63) is 33.8 Å². The Hall–Kier alpha value is -1.40. The van der Waals surface area contributed by atoms with Crippen LogP contribution in [0.5, 0.6) is 0 Å². The summed E-state index contributed by atoms with van der Waals surface area (Å²) in [5, 5.41) is 3.13. The number of carbonyl (C=O) groups is 2. The van der Waals surface area contributed by atoms with Gasteiger partial charge in [0.05, 0.1) is 12.2 Å². The lowest BCUT2D eigenvalue weighted by atomic mass is 10.1. The monoisotopic (exact) mass is 354 g/mol. The third-order valence-corrected chi connectivity index (χ3v) is 4.11. The third kappa shape index (κ3) is 3.63. The Balaban J connectivity index is 2.26. The van der Waals surface area contributed by atoms with Crippen molar-refractivity contribution >= 4 is 27.8 Å². The molecule has 1 aromatic rings. The van der Waals surface area contributed by atoms with Crippen molar-refractivity contribution in [2.75, 3.05) is 26.2 Å². The molecule has 1 aliphatic rings. The minimum atomic E-state index is -0.571. The van der Waals surface area contributed by atoms with Crippen molar-refractivity contribution < 1.29 is 14.3 Å². The zero-order valence-corrected chi connectivity index (χ0v) is 13.8. The van der Waals surface area contributed by atoms with Crippen LogP contribution in [0.15, 0.2) is 22.7 Å². The van der Waals surface area contributed by atoms with E-state index in [0.717, 1.165) is 10.0 Å². The van der Waals surface area contributed by atoms with Gasteiger partial charge in [-0.3, -0.25) is 4.79 Å². The first-order valence-corrected chi connectivity index (χ1v) is 7.78. The highest BCUT2D eigenvalue weighted by atomic mass is 79.9. The van der Waals surface area contributed by atoms with Gasteiger partial charge in [0.25, 0.3) is 5.91 Å². The number of benzene rings is 1. The van der Waals surface area contributed by atoms with Crippen molar-refractivity contribution in [2.24, 2.45) is 0 Å². The summed E-state index contributed by atoms with van der Waals surface area (Å²) in [6, 6.07) is 5.04. The van der Waals surface area contributed by atoms with Gasteiger partial charge in [0.15, 0.2) is 0 Å². The summed E-state index contributed by atoms with van der Waals surface area (Å²) in [5.74, 6) is -0.507. The Morgan fingerprint density at radius 1 is 1.48 bits per heavy atom. The number of amides is 1. The normalized spacial score (nSPS) is 18.4. The van der Waals surface area contributed by atoms with Crippen molar-refractivity contribution in [3.63, 3.8) is 0 Å². The predicted molar refractivity (Wildman–Crippen MR) is 83.2 cm³/mol. The van der Waals surface area contributed by atoms with Crippen molar-refractivity contribution in [3.8, 4) is 0 Å². The molecular formula is C15H19BrN2O3. The van der Waals surface area contributed by atoms with E-state index in [1.807, 2.05) is 25.1 Å². The number of esters is 1. The highest BCUT2D eigenvalue weighted by Crippen LogP contribution is 2.21. The first-order chi connectivity index (χ1) is 10.0. The molecule has 1 atom stereocenters. The summed E-state index contributed by atoms with van der Waals surface area (Å²) in [4.78, 5) is 26.4. The largest absolute Gasteiger partial charge is 0.464 e. The van der Waals surface area contributed by atoms with E-state index in [-0.39, 0.29) is 11.9 Å². The Morgan fingerprint density at radius 3 is 2.95 bits per heavy atom. The van der Waals surface area contributed by atoms with E-state index >= 15 is 0 Å². The molecule has 1 saturated heterocycles. The minimum Gasteiger partial charge on any atom is -0.464 e. The van der Waals surface area contributed by atoms with Crippen LogP contribution < -0.4 is 5.32 Å². The average Bonchev–Trinajstić information content (AvgIpc) is 2.49. The number of nitrogens with zero attached hydrogens (tertiary/aromatic N) is 1. The van der Waals surface area contributed by atoms with Crippen LogP contribution in [-0.2, 0) is 9.53 Å². The third-order valence-electron chi connectivity index (χ3n) is 3.42. The smallest absolute Gasteiger partial charge is 0.330 e. The molecular weight excluding hydrogens is 336 g/mol. The summed E-state index contributed by atoms with van der Waals surface area (Å²) in [6.45, 7) is 5.59. The first kappa shape index (κ1) is 16.0. The molecule has 1 unspecified atom stereocenters. The lowest BCUT2D eigenvalue weighted by molar-refractivity contribution is -0.149. The molecule has 1 amide bonds. The summed E-state index contributed by atoms with van der Waals surface area (Å²) in [6.07, 6.45) is 0. The Kier molecular flexibility index (Phi) is 5.36. The van der Waals surface area contributed by atoms with Gasteiger partial charge in [-0.15, -0.1) is 0 Å². The quantitative estimate of drug-likeness (QED) is 0.840. The van der Waals surface area contributed by atoms with Crippen LogP contribution in [-0.4, -0.2) is 49.1 Å². The van der Waals surface area contributed by atoms with E-state index in [9.17, 15) is 9.59 Å². The number of carbonyl (C=O) groups excluding carboxylic acids is 2. The predicted octanol–water partition coefficient (Wildman–Crippen LogP) is 1.73. The average molecular weight is 355 g/mol. The molecule has 1 aromatic carbocycles. The summed E-state index contributed by atoms with van der Waals surface area (Å²) in [5.41, 5.74) is 1.58. The molecule has 0 aromatic heterocycles. The van der Waals surface area contributed by atoms with Gasteiger partial charge < -0.3 is 15.0 Å². The van der Waals surface area contributed by atoms with Crippen LogP contribution in [0, 0.1) is 6.92 Å². The van der Waals surface area contributed by atoms with E-state index in [1.165, 1.54) is 0 Å². The number of aryl methyl sites for hydroxylation is 1. The van der Waals surface area contributed by atoms with Gasteiger partial charge in [-0.1, -0.05) is 11.6 Å². The standard InChI is InChI=1S/C15H19BrN2O3/c1-3-21-15(20)13-9-17-6-7-18(13)14(19)11-8-10(2)4-5-12(11)16/h4-5,8,13,17H,3,6-7,9H2,1-2H3. The second-order valence-electron chi connectivity index (χ2n) is 4.95. The molecule has 6 heteroatoms. The molecule has 0 aliphatic carbocycles. The highest BCUT2D eigenvalue weighted by Gasteiger charge is 2.34. The van der Waals surface area contributed by atoms with Crippen LogP contribution in [0.2, 0.25) is 0 Å². The van der Waals surface area contributed by atoms with E-state index in [4.69, 9.17) is 4.74 Å². The first-order valence-electron chi connectivity index (χ1n) is 6.99. The number of rotatable bonds is 3. The van der Waals surface area contributed by atoms with E-state index in [1.54, 1.807) is 11.8 Å². The summed E-state index contributed by atoms with van der Waals surface area (Å²) in [7, 11) is 0. The lowest BCUT2D eigenvalue weighted by Gasteiger charge is -2.34. The summed E-state index contributed by atoms with van der Waals surface area (Å²) < 4.78 is 5.80. The number of hydrogen-bond donors (Lipinski definition) is 1. The fourth-order valence-corrected chi connectivity index (χ4v) is 2.77. The topological polar surface area (TPSA) is 58.6 Å². The second-order valence-corrected chi connectivity index (χ2v) is 5.81. The zero-order valence-electron chi connectivity index (χ0n) is 12.2. The van der Waals surface area contributed by atoms with E-state index in [0.29, 0.717) is 31.8 Å². The van der Waals surface area contributed by atoms with Crippen molar-refractivity contribution in [1.82, 2.24) is 10.2 Å². The molecule has 0 spiro atoms. The van der Waals surface area contributed by atoms with Crippen molar-refractivity contribution in [1.29, 1.82) is 0 Å². The van der Waals surface area contributed by atoms with Crippen LogP contribution in [0.4, 0.5) is 0 Å². The van der Waals surface area contributed by atoms with Gasteiger partial charge in [-0.05, 0) is 41.9 Å².